The van der Waals surface area contributed by atoms with Gasteiger partial charge in [-0.25, -0.2) is 0 Å². The highest BCUT2D eigenvalue weighted by molar-refractivity contribution is 6.32. The van der Waals surface area contributed by atoms with Crippen LogP contribution in [-0.4, -0.2) is 22.7 Å². The quantitative estimate of drug-likeness (QED) is 0.597. The van der Waals surface area contributed by atoms with Crippen LogP contribution < -0.4 is 5.32 Å². The lowest BCUT2D eigenvalue weighted by atomic mass is 10.0. The zero-order valence-electron chi connectivity index (χ0n) is 11.1. The fraction of sp³-hybridized carbons (Fsp3) is 0.538. The van der Waals surface area contributed by atoms with E-state index in [0.29, 0.717) is 12.5 Å². The number of rotatable bonds is 7. The van der Waals surface area contributed by atoms with Crippen molar-refractivity contribution in [2.45, 2.75) is 32.9 Å². The third-order valence-electron chi connectivity index (χ3n) is 2.77. The molecule has 0 heterocycles. The maximum atomic E-state index is 10.8. The molecule has 2 unspecified atom stereocenters. The first kappa shape index (κ1) is 15.9. The van der Waals surface area contributed by atoms with Gasteiger partial charge in [0.25, 0.3) is 5.69 Å². The van der Waals surface area contributed by atoms with E-state index in [0.717, 1.165) is 18.5 Å². The zero-order valence-corrected chi connectivity index (χ0v) is 11.9. The van der Waals surface area contributed by atoms with Crippen molar-refractivity contribution < 1.29 is 10.0 Å². The Kier molecular flexibility index (Phi) is 6.21. The van der Waals surface area contributed by atoms with Crippen molar-refractivity contribution in [2.75, 3.05) is 6.54 Å². The van der Waals surface area contributed by atoms with E-state index in [1.807, 2.05) is 6.92 Å². The third kappa shape index (κ3) is 5.55. The Bertz CT molecular complexity index is 438. The molecule has 6 heteroatoms. The molecule has 106 valence electrons. The van der Waals surface area contributed by atoms with Gasteiger partial charge in [0.05, 0.1) is 11.0 Å². The summed E-state index contributed by atoms with van der Waals surface area (Å²) in [5, 5.41) is 23.4. The number of nitro groups is 1. The lowest BCUT2D eigenvalue weighted by Gasteiger charge is -2.14. The summed E-state index contributed by atoms with van der Waals surface area (Å²) in [6.45, 7) is 5.10. The fourth-order valence-electron chi connectivity index (χ4n) is 1.94. The summed E-state index contributed by atoms with van der Waals surface area (Å²) in [5.41, 5.74) is 0.748. The van der Waals surface area contributed by atoms with Crippen LogP contribution in [0.2, 0.25) is 5.02 Å². The number of hydrogen-bond donors (Lipinski definition) is 2. The fourth-order valence-corrected chi connectivity index (χ4v) is 2.12. The van der Waals surface area contributed by atoms with Gasteiger partial charge in [0, 0.05) is 12.6 Å². The molecule has 1 aromatic rings. The van der Waals surface area contributed by atoms with Gasteiger partial charge >= 0.3 is 0 Å². The maximum Gasteiger partial charge on any atom is 0.288 e. The molecule has 0 bridgehead atoms. The van der Waals surface area contributed by atoms with Crippen molar-refractivity contribution in [3.8, 4) is 0 Å². The summed E-state index contributed by atoms with van der Waals surface area (Å²) in [6.07, 6.45) is 0.418. The predicted octanol–water partition coefficient (Wildman–Crippen LogP) is 2.74. The summed E-state index contributed by atoms with van der Waals surface area (Å²) >= 11 is 5.74. The van der Waals surface area contributed by atoms with E-state index in [2.05, 4.69) is 5.32 Å². The first-order chi connectivity index (χ1) is 8.90. The number of hydrogen-bond acceptors (Lipinski definition) is 4. The van der Waals surface area contributed by atoms with Gasteiger partial charge in [-0.05, 0) is 37.4 Å². The van der Waals surface area contributed by atoms with Crippen molar-refractivity contribution in [3.63, 3.8) is 0 Å². The van der Waals surface area contributed by atoms with Gasteiger partial charge in [-0.1, -0.05) is 24.6 Å². The molecule has 2 N–H and O–H groups in total. The highest BCUT2D eigenvalue weighted by Crippen LogP contribution is 2.24. The Morgan fingerprint density at radius 1 is 1.47 bits per heavy atom. The van der Waals surface area contributed by atoms with Gasteiger partial charge in [0.15, 0.2) is 0 Å². The molecule has 0 aromatic heterocycles. The lowest BCUT2D eigenvalue weighted by molar-refractivity contribution is -0.384. The van der Waals surface area contributed by atoms with E-state index in [9.17, 15) is 15.2 Å². The molecule has 0 aliphatic heterocycles. The average Bonchev–Trinajstić information content (AvgIpc) is 2.30. The maximum absolute atomic E-state index is 10.8. The normalized spacial score (nSPS) is 14.1. The summed E-state index contributed by atoms with van der Waals surface area (Å²) < 4.78 is 0. The number of aliphatic hydroxyl groups excluding tert-OH is 1. The second-order valence-electron chi connectivity index (χ2n) is 4.86. The third-order valence-corrected chi connectivity index (χ3v) is 3.09. The number of aliphatic hydroxyl groups is 1. The monoisotopic (exact) mass is 286 g/mol. The molecule has 0 aliphatic carbocycles. The number of nitrogens with one attached hydrogen (secondary N) is 1. The highest BCUT2D eigenvalue weighted by Gasteiger charge is 2.12. The van der Waals surface area contributed by atoms with Crippen LogP contribution in [0.5, 0.6) is 0 Å². The molecule has 2 atom stereocenters. The summed E-state index contributed by atoms with van der Waals surface area (Å²) in [4.78, 5) is 10.3. The van der Waals surface area contributed by atoms with Crippen molar-refractivity contribution in [1.82, 2.24) is 5.32 Å². The zero-order chi connectivity index (χ0) is 14.4. The Morgan fingerprint density at radius 3 is 2.74 bits per heavy atom. The topological polar surface area (TPSA) is 75.4 Å². The molecule has 0 saturated carbocycles. The van der Waals surface area contributed by atoms with Gasteiger partial charge in [-0.3, -0.25) is 10.1 Å². The summed E-state index contributed by atoms with van der Waals surface area (Å²) in [5.74, 6) is 0.349. The van der Waals surface area contributed by atoms with Gasteiger partial charge in [-0.15, -0.1) is 0 Å². The molecule has 1 aromatic carbocycles. The number of nitrogens with zero attached hydrogens (tertiary/aromatic N) is 1. The minimum absolute atomic E-state index is 0.0713. The average molecular weight is 287 g/mol. The summed E-state index contributed by atoms with van der Waals surface area (Å²) in [6, 6.07) is 4.78. The van der Waals surface area contributed by atoms with Crippen LogP contribution in [0.25, 0.3) is 0 Å². The molecule has 0 spiro atoms. The lowest BCUT2D eigenvalue weighted by Crippen LogP contribution is -2.23. The second kappa shape index (κ2) is 7.43. The van der Waals surface area contributed by atoms with Gasteiger partial charge < -0.3 is 10.4 Å². The molecule has 0 fully saturated rings. The highest BCUT2D eigenvalue weighted by atomic mass is 35.5. The van der Waals surface area contributed by atoms with Crippen LogP contribution in [0.3, 0.4) is 0 Å². The first-order valence-corrected chi connectivity index (χ1v) is 6.59. The van der Waals surface area contributed by atoms with E-state index in [4.69, 9.17) is 11.6 Å². The largest absolute Gasteiger partial charge is 0.393 e. The van der Waals surface area contributed by atoms with E-state index >= 15 is 0 Å². The van der Waals surface area contributed by atoms with Gasteiger partial charge in [0.2, 0.25) is 0 Å². The van der Waals surface area contributed by atoms with Crippen LogP contribution in [0, 0.1) is 16.0 Å². The van der Waals surface area contributed by atoms with Crippen molar-refractivity contribution in [1.29, 1.82) is 0 Å². The molecule has 0 aliphatic rings. The standard InChI is InChI=1S/C13H19ClN2O3/c1-9(5-10(2)17)7-15-8-11-3-4-12(14)13(6-11)16(18)19/h3-4,6,9-10,15,17H,5,7-8H2,1-2H3. The summed E-state index contributed by atoms with van der Waals surface area (Å²) in [7, 11) is 0. The number of benzene rings is 1. The van der Waals surface area contributed by atoms with Crippen molar-refractivity contribution in [2.24, 2.45) is 5.92 Å². The minimum atomic E-state index is -0.484. The van der Waals surface area contributed by atoms with Crippen LogP contribution >= 0.6 is 11.6 Å². The second-order valence-corrected chi connectivity index (χ2v) is 5.27. The molecule has 19 heavy (non-hydrogen) atoms. The van der Waals surface area contributed by atoms with Crippen LogP contribution in [0.1, 0.15) is 25.8 Å². The van der Waals surface area contributed by atoms with E-state index in [-0.39, 0.29) is 16.8 Å². The molecule has 0 amide bonds. The van der Waals surface area contributed by atoms with Crippen LogP contribution in [0.15, 0.2) is 18.2 Å². The Morgan fingerprint density at radius 2 is 2.16 bits per heavy atom. The predicted molar refractivity (Wildman–Crippen MR) is 75.3 cm³/mol. The van der Waals surface area contributed by atoms with Crippen LogP contribution in [-0.2, 0) is 6.54 Å². The Hall–Kier alpha value is -1.17. The van der Waals surface area contributed by atoms with E-state index in [1.165, 1.54) is 12.1 Å². The van der Waals surface area contributed by atoms with Gasteiger partial charge in [-0.2, -0.15) is 0 Å². The smallest absolute Gasteiger partial charge is 0.288 e. The van der Waals surface area contributed by atoms with Crippen LogP contribution in [0.4, 0.5) is 5.69 Å². The molecule has 0 saturated heterocycles. The first-order valence-electron chi connectivity index (χ1n) is 6.21. The molecule has 0 radical (unpaired) electrons. The van der Waals surface area contributed by atoms with Crippen molar-refractivity contribution >= 4 is 17.3 Å². The Labute approximate surface area is 117 Å². The van der Waals surface area contributed by atoms with Crippen molar-refractivity contribution in [3.05, 3.63) is 38.9 Å². The number of halogens is 1. The minimum Gasteiger partial charge on any atom is -0.393 e. The van der Waals surface area contributed by atoms with E-state index < -0.39 is 4.92 Å². The molecule has 1 rings (SSSR count). The molecule has 5 nitrogen and oxygen atoms in total. The van der Waals surface area contributed by atoms with Gasteiger partial charge in [0.1, 0.15) is 5.02 Å². The SMILES string of the molecule is CC(O)CC(C)CNCc1ccc(Cl)c([N+](=O)[O-])c1. The number of nitro benzene ring substituents is 1. The van der Waals surface area contributed by atoms with E-state index in [1.54, 1.807) is 13.0 Å². The molecular weight excluding hydrogens is 268 g/mol. The molecular formula is C13H19ClN2O3. The Balaban J connectivity index is 2.50.